The second-order valence-corrected chi connectivity index (χ2v) is 7.46. The minimum Gasteiger partial charge on any atom is -0.262 e. The Morgan fingerprint density at radius 3 is 2.50 bits per heavy atom. The van der Waals surface area contributed by atoms with Gasteiger partial charge < -0.3 is 0 Å². The van der Waals surface area contributed by atoms with E-state index >= 15 is 0 Å². The summed E-state index contributed by atoms with van der Waals surface area (Å²) in [6.45, 7) is 4.52. The predicted octanol–water partition coefficient (Wildman–Crippen LogP) is 3.74. The van der Waals surface area contributed by atoms with Crippen LogP contribution in [0.5, 0.6) is 0 Å². The van der Waals surface area contributed by atoms with Gasteiger partial charge in [0.1, 0.15) is 11.6 Å². The zero-order chi connectivity index (χ0) is 15.4. The van der Waals surface area contributed by atoms with Gasteiger partial charge in [0, 0.05) is 11.3 Å². The Labute approximate surface area is 138 Å². The van der Waals surface area contributed by atoms with Crippen molar-refractivity contribution >= 4 is 17.6 Å². The first-order valence-corrected chi connectivity index (χ1v) is 9.72. The molecule has 1 aromatic rings. The molecule has 1 fully saturated rings. The number of pyridine rings is 1. The molecule has 0 saturated carbocycles. The van der Waals surface area contributed by atoms with Crippen molar-refractivity contribution in [3.8, 4) is 6.07 Å². The van der Waals surface area contributed by atoms with Crippen molar-refractivity contribution in [2.45, 2.75) is 63.3 Å². The van der Waals surface area contributed by atoms with Gasteiger partial charge in [-0.3, -0.25) is 4.90 Å². The van der Waals surface area contributed by atoms with Gasteiger partial charge in [-0.2, -0.15) is 5.26 Å². The van der Waals surface area contributed by atoms with Crippen LogP contribution in [-0.4, -0.2) is 18.8 Å². The lowest BCUT2D eigenvalue weighted by atomic mass is 9.89. The molecule has 2 heterocycles. The smallest absolute Gasteiger partial charge is 0.262 e. The van der Waals surface area contributed by atoms with E-state index in [4.69, 9.17) is 0 Å². The number of aromatic nitrogens is 1. The maximum atomic E-state index is 9.68. The zero-order valence-electron chi connectivity index (χ0n) is 13.6. The van der Waals surface area contributed by atoms with Crippen molar-refractivity contribution in [3.05, 3.63) is 16.7 Å². The Kier molecular flexibility index (Phi) is 5.25. The summed E-state index contributed by atoms with van der Waals surface area (Å²) in [5.74, 6) is 2.40. The van der Waals surface area contributed by atoms with E-state index < -0.39 is 0 Å². The highest BCUT2D eigenvalue weighted by atomic mass is 32.2. The number of nitrogens with zero attached hydrogens (tertiary/aromatic N) is 2. The molecular weight excluding hydrogens is 290 g/mol. The van der Waals surface area contributed by atoms with Gasteiger partial charge in [0.25, 0.3) is 5.82 Å². The maximum absolute atomic E-state index is 9.68. The Balaban J connectivity index is 2.05. The number of thioether (sulfide) groups is 1. The van der Waals surface area contributed by atoms with Crippen LogP contribution in [0.4, 0.5) is 5.82 Å². The zero-order valence-corrected chi connectivity index (χ0v) is 14.4. The van der Waals surface area contributed by atoms with Crippen LogP contribution < -0.4 is 9.88 Å². The summed E-state index contributed by atoms with van der Waals surface area (Å²) in [6.07, 6.45) is 9.77. The summed E-state index contributed by atoms with van der Waals surface area (Å²) in [5.41, 5.74) is 3.70. The monoisotopic (exact) mass is 316 g/mol. The number of hydrogen-bond donors (Lipinski definition) is 0. The molecule has 3 nitrogen and oxygen atoms in total. The van der Waals surface area contributed by atoms with Gasteiger partial charge >= 0.3 is 0 Å². The van der Waals surface area contributed by atoms with E-state index in [1.165, 1.54) is 49.0 Å². The number of piperidine rings is 1. The van der Waals surface area contributed by atoms with E-state index in [0.717, 1.165) is 48.7 Å². The standard InChI is InChI=1S/C18H25N3S/c1-2-12-22-18-16(13-19)14-8-4-5-9-15(14)17(20-18)21-10-6-3-7-11-21/h2-12H2,1H3/p+1. The maximum Gasteiger partial charge on any atom is 0.278 e. The molecule has 4 heteroatoms. The Bertz CT molecular complexity index is 571. The van der Waals surface area contributed by atoms with Gasteiger partial charge in [0.15, 0.2) is 5.03 Å². The van der Waals surface area contributed by atoms with Crippen LogP contribution in [0.3, 0.4) is 0 Å². The van der Waals surface area contributed by atoms with Gasteiger partial charge in [0.05, 0.1) is 13.1 Å². The highest BCUT2D eigenvalue weighted by molar-refractivity contribution is 7.99. The van der Waals surface area contributed by atoms with Crippen LogP contribution in [0.15, 0.2) is 5.03 Å². The first-order chi connectivity index (χ1) is 10.8. The fourth-order valence-corrected chi connectivity index (χ4v) is 4.53. The van der Waals surface area contributed by atoms with E-state index in [1.807, 2.05) is 11.8 Å². The van der Waals surface area contributed by atoms with Crippen LogP contribution in [0.25, 0.3) is 0 Å². The number of nitrogens with one attached hydrogen (secondary N) is 1. The van der Waals surface area contributed by atoms with E-state index in [-0.39, 0.29) is 0 Å². The minimum absolute atomic E-state index is 0.925. The molecule has 0 aromatic carbocycles. The van der Waals surface area contributed by atoms with Crippen LogP contribution in [0, 0.1) is 11.3 Å². The van der Waals surface area contributed by atoms with Gasteiger partial charge in [-0.05, 0) is 56.9 Å². The van der Waals surface area contributed by atoms with Crippen LogP contribution in [-0.2, 0) is 12.8 Å². The molecule has 2 aliphatic rings. The molecule has 0 spiro atoms. The molecule has 22 heavy (non-hydrogen) atoms. The number of nitriles is 1. The summed E-state index contributed by atoms with van der Waals surface area (Å²) in [6, 6.07) is 2.49. The quantitative estimate of drug-likeness (QED) is 0.795. The summed E-state index contributed by atoms with van der Waals surface area (Å²) in [7, 11) is 0. The van der Waals surface area contributed by atoms with E-state index in [0.29, 0.717) is 0 Å². The summed E-state index contributed by atoms with van der Waals surface area (Å²) >= 11 is 1.82. The van der Waals surface area contributed by atoms with E-state index in [1.54, 1.807) is 0 Å². The Morgan fingerprint density at radius 2 is 1.82 bits per heavy atom. The van der Waals surface area contributed by atoms with Crippen molar-refractivity contribution in [1.82, 2.24) is 0 Å². The Hall–Kier alpha value is -1.21. The number of H-pyrrole nitrogens is 1. The summed E-state index contributed by atoms with van der Waals surface area (Å²) < 4.78 is 0. The molecule has 1 aromatic heterocycles. The predicted molar refractivity (Wildman–Crippen MR) is 91.4 cm³/mol. The average Bonchev–Trinajstić information content (AvgIpc) is 2.59. The largest absolute Gasteiger partial charge is 0.278 e. The number of anilines is 1. The molecule has 0 radical (unpaired) electrons. The molecule has 1 N–H and O–H groups in total. The van der Waals surface area contributed by atoms with Crippen LogP contribution in [0.1, 0.15) is 62.1 Å². The van der Waals surface area contributed by atoms with Gasteiger partial charge in [-0.1, -0.05) is 18.7 Å². The third-order valence-electron chi connectivity index (χ3n) is 4.75. The molecule has 1 aliphatic carbocycles. The van der Waals surface area contributed by atoms with Crippen LogP contribution in [0.2, 0.25) is 0 Å². The first-order valence-electron chi connectivity index (χ1n) is 8.74. The van der Waals surface area contributed by atoms with E-state index in [2.05, 4.69) is 22.9 Å². The highest BCUT2D eigenvalue weighted by Crippen LogP contribution is 2.34. The van der Waals surface area contributed by atoms with Gasteiger partial charge in [0.2, 0.25) is 0 Å². The fraction of sp³-hybridized carbons (Fsp3) is 0.667. The summed E-state index contributed by atoms with van der Waals surface area (Å²) in [4.78, 5) is 6.20. The third-order valence-corrected chi connectivity index (χ3v) is 5.96. The van der Waals surface area contributed by atoms with Crippen molar-refractivity contribution in [3.63, 3.8) is 0 Å². The molecule has 3 rings (SSSR count). The van der Waals surface area contributed by atoms with Crippen molar-refractivity contribution in [1.29, 1.82) is 5.26 Å². The second-order valence-electron chi connectivity index (χ2n) is 6.35. The van der Waals surface area contributed by atoms with Crippen molar-refractivity contribution < 1.29 is 4.98 Å². The van der Waals surface area contributed by atoms with Gasteiger partial charge in [-0.15, -0.1) is 0 Å². The minimum atomic E-state index is 0.925. The molecule has 0 amide bonds. The molecule has 0 bridgehead atoms. The lowest BCUT2D eigenvalue weighted by molar-refractivity contribution is -0.414. The average molecular weight is 316 g/mol. The lowest BCUT2D eigenvalue weighted by Crippen LogP contribution is -2.37. The van der Waals surface area contributed by atoms with Gasteiger partial charge in [-0.25, -0.2) is 4.98 Å². The molecule has 1 saturated heterocycles. The Morgan fingerprint density at radius 1 is 1.09 bits per heavy atom. The molecule has 0 atom stereocenters. The first kappa shape index (κ1) is 15.7. The normalized spacial score (nSPS) is 17.9. The number of fused-ring (bicyclic) bond motifs is 1. The summed E-state index contributed by atoms with van der Waals surface area (Å²) in [5, 5.41) is 10.8. The van der Waals surface area contributed by atoms with Crippen molar-refractivity contribution in [2.75, 3.05) is 23.7 Å². The third kappa shape index (κ3) is 3.10. The SMILES string of the molecule is CCCSc1[nH+]c(N2CCCCC2)c2c(c1C#N)CCCC2. The highest BCUT2D eigenvalue weighted by Gasteiger charge is 2.30. The topological polar surface area (TPSA) is 41.2 Å². The van der Waals surface area contributed by atoms with Crippen LogP contribution >= 0.6 is 11.8 Å². The number of hydrogen-bond acceptors (Lipinski definition) is 3. The fourth-order valence-electron chi connectivity index (χ4n) is 3.64. The van der Waals surface area contributed by atoms with Crippen molar-refractivity contribution in [2.24, 2.45) is 0 Å². The van der Waals surface area contributed by atoms with E-state index in [9.17, 15) is 5.26 Å². The number of aromatic amines is 1. The molecular formula is C18H26N3S+. The second kappa shape index (κ2) is 7.37. The molecule has 118 valence electrons. The lowest BCUT2D eigenvalue weighted by Gasteiger charge is -2.26. The molecule has 0 unspecified atom stereocenters. The molecule has 1 aliphatic heterocycles. The number of rotatable bonds is 4.